The monoisotopic (exact) mass is 371 g/mol. The van der Waals surface area contributed by atoms with E-state index in [1.165, 1.54) is 32.5 Å². The molecule has 144 valence electrons. The first-order valence-electron chi connectivity index (χ1n) is 8.83. The van der Waals surface area contributed by atoms with E-state index in [4.69, 9.17) is 18.9 Å². The molecule has 6 nitrogen and oxygen atoms in total. The molecule has 0 fully saturated rings. The molecule has 0 saturated carbocycles. The third-order valence-electron chi connectivity index (χ3n) is 5.18. The van der Waals surface area contributed by atoms with E-state index in [0.29, 0.717) is 22.8 Å². The highest BCUT2D eigenvalue weighted by Gasteiger charge is 2.38. The Labute approximate surface area is 159 Å². The minimum atomic E-state index is -0.437. The average Bonchev–Trinajstić information content (AvgIpc) is 3.10. The lowest BCUT2D eigenvalue weighted by Gasteiger charge is -2.29. The van der Waals surface area contributed by atoms with E-state index in [-0.39, 0.29) is 12.1 Å². The van der Waals surface area contributed by atoms with Crippen LogP contribution in [0.1, 0.15) is 27.9 Å². The van der Waals surface area contributed by atoms with Crippen LogP contribution in [-0.2, 0) is 16.7 Å². The largest absolute Gasteiger partial charge is 0.493 e. The number of rotatable bonds is 7. The van der Waals surface area contributed by atoms with E-state index in [9.17, 15) is 4.79 Å². The Morgan fingerprint density at radius 3 is 2.33 bits per heavy atom. The van der Waals surface area contributed by atoms with Crippen LogP contribution in [0.3, 0.4) is 0 Å². The molecule has 0 bridgehead atoms. The lowest BCUT2D eigenvalue weighted by molar-refractivity contribution is 0.0367. The molecule has 1 atom stereocenters. The molecule has 3 rings (SSSR count). The number of hydrogen-bond donors (Lipinski definition) is 1. The topological polar surface area (TPSA) is 66.0 Å². The molecule has 1 aliphatic rings. The van der Waals surface area contributed by atoms with E-state index in [1.54, 1.807) is 12.1 Å². The number of aryl methyl sites for hydroxylation is 1. The minimum absolute atomic E-state index is 0.246. The van der Waals surface area contributed by atoms with Crippen LogP contribution in [0.5, 0.6) is 17.2 Å². The lowest BCUT2D eigenvalue weighted by atomic mass is 9.93. The summed E-state index contributed by atoms with van der Waals surface area (Å²) in [5.41, 5.74) is 2.45. The van der Waals surface area contributed by atoms with Gasteiger partial charge in [-0.25, -0.2) is 4.79 Å². The Bertz CT molecular complexity index is 810. The van der Waals surface area contributed by atoms with E-state index in [0.717, 1.165) is 12.8 Å². The second-order valence-electron chi connectivity index (χ2n) is 6.48. The molecule has 0 aromatic heterocycles. The minimum Gasteiger partial charge on any atom is -0.493 e. The Kier molecular flexibility index (Phi) is 5.56. The van der Waals surface area contributed by atoms with Gasteiger partial charge in [-0.3, -0.25) is 0 Å². The first kappa shape index (κ1) is 19.0. The van der Waals surface area contributed by atoms with Crippen molar-refractivity contribution in [2.75, 3.05) is 35.0 Å². The summed E-state index contributed by atoms with van der Waals surface area (Å²) in [5, 5.41) is 3.36. The zero-order valence-electron chi connectivity index (χ0n) is 16.1. The Balaban J connectivity index is 1.82. The van der Waals surface area contributed by atoms with Crippen LogP contribution in [-0.4, -0.2) is 41.0 Å². The number of hydrogen-bond acceptors (Lipinski definition) is 6. The van der Waals surface area contributed by atoms with E-state index in [1.807, 2.05) is 19.2 Å². The summed E-state index contributed by atoms with van der Waals surface area (Å²) in [7, 11) is 6.44. The smallest absolute Gasteiger partial charge is 0.338 e. The quantitative estimate of drug-likeness (QED) is 0.755. The van der Waals surface area contributed by atoms with E-state index >= 15 is 0 Å². The van der Waals surface area contributed by atoms with Crippen molar-refractivity contribution in [1.29, 1.82) is 0 Å². The van der Waals surface area contributed by atoms with Gasteiger partial charge in [0.2, 0.25) is 5.75 Å². The van der Waals surface area contributed by atoms with Gasteiger partial charge < -0.3 is 24.3 Å². The van der Waals surface area contributed by atoms with E-state index in [2.05, 4.69) is 17.4 Å². The molecule has 0 radical (unpaired) electrons. The number of methoxy groups -OCH3 is 3. The Hall–Kier alpha value is -2.73. The summed E-state index contributed by atoms with van der Waals surface area (Å²) in [6.45, 7) is 0.246. The number of nitrogens with one attached hydrogen (secondary N) is 1. The number of carbonyl (C=O) groups is 1. The number of esters is 1. The van der Waals surface area contributed by atoms with Crippen molar-refractivity contribution >= 4 is 5.97 Å². The summed E-state index contributed by atoms with van der Waals surface area (Å²) < 4.78 is 21.6. The number of likely N-dealkylation sites (N-methyl/N-ethyl adjacent to an activating group) is 1. The highest BCUT2D eigenvalue weighted by Crippen LogP contribution is 2.39. The van der Waals surface area contributed by atoms with Gasteiger partial charge in [-0.1, -0.05) is 24.3 Å². The highest BCUT2D eigenvalue weighted by atomic mass is 16.5. The molecule has 1 aliphatic carbocycles. The molecule has 2 aromatic rings. The van der Waals surface area contributed by atoms with Crippen LogP contribution in [0, 0.1) is 0 Å². The molecule has 1 N–H and O–H groups in total. The summed E-state index contributed by atoms with van der Waals surface area (Å²) in [4.78, 5) is 12.7. The fraction of sp³-hybridized carbons (Fsp3) is 0.381. The van der Waals surface area contributed by atoms with Crippen molar-refractivity contribution in [2.45, 2.75) is 18.4 Å². The number of ether oxygens (including phenoxy) is 4. The van der Waals surface area contributed by atoms with Crippen molar-refractivity contribution in [3.05, 3.63) is 53.1 Å². The van der Waals surface area contributed by atoms with Crippen molar-refractivity contribution < 1.29 is 23.7 Å². The van der Waals surface area contributed by atoms with Crippen molar-refractivity contribution in [3.63, 3.8) is 0 Å². The van der Waals surface area contributed by atoms with Gasteiger partial charge >= 0.3 is 5.97 Å². The summed E-state index contributed by atoms with van der Waals surface area (Å²) in [6.07, 6.45) is 1.84. The molecule has 0 spiro atoms. The predicted molar refractivity (Wildman–Crippen MR) is 102 cm³/mol. The zero-order chi connectivity index (χ0) is 19.4. The maximum Gasteiger partial charge on any atom is 0.338 e. The van der Waals surface area contributed by atoms with E-state index < -0.39 is 5.97 Å². The second-order valence-corrected chi connectivity index (χ2v) is 6.48. The summed E-state index contributed by atoms with van der Waals surface area (Å²) in [5.74, 6) is 0.831. The molecule has 27 heavy (non-hydrogen) atoms. The van der Waals surface area contributed by atoms with Gasteiger partial charge in [0.1, 0.15) is 6.61 Å². The number of carbonyl (C=O) groups excluding carboxylic acids is 1. The fourth-order valence-electron chi connectivity index (χ4n) is 3.64. The first-order valence-corrected chi connectivity index (χ1v) is 8.83. The molecule has 0 amide bonds. The standard InChI is InChI=1S/C21H25NO5/c1-22-21(10-9-14-7-5-6-8-16(14)21)13-27-20(23)15-11-17(24-2)19(26-4)18(12-15)25-3/h5-8,11-12,22H,9-10,13H2,1-4H3. The van der Waals surface area contributed by atoms with Gasteiger partial charge in [0.15, 0.2) is 11.5 Å². The van der Waals surface area contributed by atoms with Gasteiger partial charge in [-0.05, 0) is 43.1 Å². The predicted octanol–water partition coefficient (Wildman–Crippen LogP) is 2.93. The molecule has 1 unspecified atom stereocenters. The molecular formula is C21H25NO5. The third kappa shape index (κ3) is 3.45. The molecule has 0 saturated heterocycles. The maximum absolute atomic E-state index is 12.7. The third-order valence-corrected chi connectivity index (χ3v) is 5.18. The van der Waals surface area contributed by atoms with Gasteiger partial charge in [0.05, 0.1) is 32.4 Å². The highest BCUT2D eigenvalue weighted by molar-refractivity contribution is 5.91. The van der Waals surface area contributed by atoms with Crippen LogP contribution in [0.4, 0.5) is 0 Å². The van der Waals surface area contributed by atoms with Crippen LogP contribution >= 0.6 is 0 Å². The van der Waals surface area contributed by atoms with Gasteiger partial charge in [-0.15, -0.1) is 0 Å². The average molecular weight is 371 g/mol. The van der Waals surface area contributed by atoms with Crippen LogP contribution in [0.15, 0.2) is 36.4 Å². The maximum atomic E-state index is 12.7. The molecular weight excluding hydrogens is 346 g/mol. The first-order chi connectivity index (χ1) is 13.1. The Morgan fingerprint density at radius 2 is 1.74 bits per heavy atom. The lowest BCUT2D eigenvalue weighted by Crippen LogP contribution is -2.43. The zero-order valence-corrected chi connectivity index (χ0v) is 16.1. The van der Waals surface area contributed by atoms with Crippen LogP contribution < -0.4 is 19.5 Å². The molecule has 2 aromatic carbocycles. The van der Waals surface area contributed by atoms with Gasteiger partial charge in [-0.2, -0.15) is 0 Å². The molecule has 0 aliphatic heterocycles. The van der Waals surface area contributed by atoms with Gasteiger partial charge in [0, 0.05) is 0 Å². The summed E-state index contributed by atoms with van der Waals surface area (Å²) >= 11 is 0. The van der Waals surface area contributed by atoms with Gasteiger partial charge in [0.25, 0.3) is 0 Å². The van der Waals surface area contributed by atoms with Crippen LogP contribution in [0.25, 0.3) is 0 Å². The van der Waals surface area contributed by atoms with Crippen molar-refractivity contribution in [3.8, 4) is 17.2 Å². The fourth-order valence-corrected chi connectivity index (χ4v) is 3.64. The second kappa shape index (κ2) is 7.88. The number of fused-ring (bicyclic) bond motifs is 1. The van der Waals surface area contributed by atoms with Crippen molar-refractivity contribution in [1.82, 2.24) is 5.32 Å². The molecule has 6 heteroatoms. The number of benzene rings is 2. The van der Waals surface area contributed by atoms with Crippen LogP contribution in [0.2, 0.25) is 0 Å². The SMILES string of the molecule is CNC1(COC(=O)c2cc(OC)c(OC)c(OC)c2)CCc2ccccc21. The summed E-state index contributed by atoms with van der Waals surface area (Å²) in [6, 6.07) is 11.4. The normalized spacial score (nSPS) is 17.9. The Morgan fingerprint density at radius 1 is 1.07 bits per heavy atom. The molecule has 0 heterocycles. The van der Waals surface area contributed by atoms with Crippen molar-refractivity contribution in [2.24, 2.45) is 0 Å².